The molecule has 21 heavy (non-hydrogen) atoms. The van der Waals surface area contributed by atoms with Crippen LogP contribution in [-0.4, -0.2) is 23.6 Å². The maximum Gasteiger partial charge on any atom is 0.319 e. The number of hydrogen-bond acceptors (Lipinski definition) is 4. The molecule has 1 aromatic carbocycles. The summed E-state index contributed by atoms with van der Waals surface area (Å²) in [5.41, 5.74) is -0.930. The molecule has 0 aromatic heterocycles. The van der Waals surface area contributed by atoms with Crippen LogP contribution in [0.2, 0.25) is 0 Å². The molecule has 114 valence electrons. The molecule has 0 saturated heterocycles. The summed E-state index contributed by atoms with van der Waals surface area (Å²) in [4.78, 5) is 26.3. The van der Waals surface area contributed by atoms with Crippen molar-refractivity contribution in [2.75, 3.05) is 6.61 Å². The lowest BCUT2D eigenvalue weighted by atomic mass is 9.71. The standard InChI is InChI=1S/C17H22O3S/c1-3-17(16(19)20-4-2)12-8-11-14(15(17)18)21-13-9-6-5-7-10-13/h5-7,9-10,14H,3-4,8,11-12H2,1-2H3. The van der Waals surface area contributed by atoms with Gasteiger partial charge in [-0.3, -0.25) is 9.59 Å². The largest absolute Gasteiger partial charge is 0.465 e. The van der Waals surface area contributed by atoms with Gasteiger partial charge in [0.1, 0.15) is 5.41 Å². The molecule has 0 bridgehead atoms. The second kappa shape index (κ2) is 7.12. The quantitative estimate of drug-likeness (QED) is 0.612. The average molecular weight is 306 g/mol. The van der Waals surface area contributed by atoms with Gasteiger partial charge in [-0.1, -0.05) is 31.5 Å². The van der Waals surface area contributed by atoms with E-state index in [0.717, 1.165) is 17.7 Å². The minimum absolute atomic E-state index is 0.0450. The van der Waals surface area contributed by atoms with Gasteiger partial charge in [0.15, 0.2) is 5.78 Å². The second-order valence-electron chi connectivity index (χ2n) is 5.33. The SMILES string of the molecule is CCOC(=O)C1(CC)CCCC(Sc2ccccc2)C1=O. The molecule has 0 spiro atoms. The number of hydrogen-bond donors (Lipinski definition) is 0. The fraction of sp³-hybridized carbons (Fsp3) is 0.529. The Morgan fingerprint density at radius 1 is 1.33 bits per heavy atom. The van der Waals surface area contributed by atoms with Crippen LogP contribution in [0, 0.1) is 5.41 Å². The first-order chi connectivity index (χ1) is 10.1. The van der Waals surface area contributed by atoms with Gasteiger partial charge in [-0.25, -0.2) is 0 Å². The van der Waals surface area contributed by atoms with Crippen molar-refractivity contribution >= 4 is 23.5 Å². The van der Waals surface area contributed by atoms with E-state index in [4.69, 9.17) is 4.74 Å². The van der Waals surface area contributed by atoms with Crippen LogP contribution in [0.4, 0.5) is 0 Å². The first-order valence-electron chi connectivity index (χ1n) is 7.57. The summed E-state index contributed by atoms with van der Waals surface area (Å²) in [6.45, 7) is 4.01. The van der Waals surface area contributed by atoms with E-state index in [1.165, 1.54) is 0 Å². The maximum absolute atomic E-state index is 12.9. The third-order valence-corrected chi connectivity index (χ3v) is 5.40. The first-order valence-corrected chi connectivity index (χ1v) is 8.45. The maximum atomic E-state index is 12.9. The zero-order chi connectivity index (χ0) is 15.3. The van der Waals surface area contributed by atoms with Gasteiger partial charge in [-0.15, -0.1) is 11.8 Å². The third kappa shape index (κ3) is 3.31. The van der Waals surface area contributed by atoms with E-state index in [1.807, 2.05) is 37.3 Å². The Hall–Kier alpha value is -1.29. The number of carbonyl (C=O) groups excluding carboxylic acids is 2. The minimum Gasteiger partial charge on any atom is -0.465 e. The molecule has 4 heteroatoms. The van der Waals surface area contributed by atoms with Crippen molar-refractivity contribution in [2.45, 2.75) is 49.7 Å². The molecule has 0 heterocycles. The Bertz CT molecular complexity index is 500. The molecule has 1 aromatic rings. The number of ether oxygens (including phenoxy) is 1. The zero-order valence-electron chi connectivity index (χ0n) is 12.6. The van der Waals surface area contributed by atoms with E-state index in [-0.39, 0.29) is 17.0 Å². The normalized spacial score (nSPS) is 25.6. The average Bonchev–Trinajstić information content (AvgIpc) is 2.51. The number of benzene rings is 1. The van der Waals surface area contributed by atoms with Crippen molar-refractivity contribution < 1.29 is 14.3 Å². The van der Waals surface area contributed by atoms with E-state index in [2.05, 4.69) is 0 Å². The summed E-state index contributed by atoms with van der Waals surface area (Å²) in [5, 5.41) is -0.148. The van der Waals surface area contributed by atoms with Crippen LogP contribution < -0.4 is 0 Å². The molecule has 1 aliphatic rings. The van der Waals surface area contributed by atoms with Gasteiger partial charge in [0.05, 0.1) is 11.9 Å². The lowest BCUT2D eigenvalue weighted by Gasteiger charge is -2.36. The van der Waals surface area contributed by atoms with Crippen molar-refractivity contribution in [3.8, 4) is 0 Å². The summed E-state index contributed by atoms with van der Waals surface area (Å²) >= 11 is 1.57. The van der Waals surface area contributed by atoms with Crippen molar-refractivity contribution in [1.29, 1.82) is 0 Å². The van der Waals surface area contributed by atoms with E-state index in [0.29, 0.717) is 19.4 Å². The molecular weight excluding hydrogens is 284 g/mol. The molecule has 1 saturated carbocycles. The summed E-state index contributed by atoms with van der Waals surface area (Å²) in [6, 6.07) is 9.90. The zero-order valence-corrected chi connectivity index (χ0v) is 13.4. The molecule has 3 nitrogen and oxygen atoms in total. The Morgan fingerprint density at radius 2 is 2.05 bits per heavy atom. The van der Waals surface area contributed by atoms with Crippen LogP contribution in [0.5, 0.6) is 0 Å². The fourth-order valence-corrected chi connectivity index (χ4v) is 4.15. The van der Waals surface area contributed by atoms with Gasteiger partial charge in [0.2, 0.25) is 0 Å². The number of thioether (sulfide) groups is 1. The van der Waals surface area contributed by atoms with E-state index in [9.17, 15) is 9.59 Å². The van der Waals surface area contributed by atoms with Gasteiger partial charge < -0.3 is 4.74 Å². The summed E-state index contributed by atoms with van der Waals surface area (Å²) in [5.74, 6) is -0.292. The Morgan fingerprint density at radius 3 is 2.67 bits per heavy atom. The Balaban J connectivity index is 2.18. The molecule has 0 radical (unpaired) electrons. The number of ketones is 1. The topological polar surface area (TPSA) is 43.4 Å². The summed E-state index contributed by atoms with van der Waals surface area (Å²) in [6.07, 6.45) is 2.87. The van der Waals surface area contributed by atoms with Crippen LogP contribution in [0.1, 0.15) is 39.5 Å². The van der Waals surface area contributed by atoms with Gasteiger partial charge in [-0.2, -0.15) is 0 Å². The number of rotatable bonds is 5. The molecule has 2 rings (SSSR count). The van der Waals surface area contributed by atoms with Crippen LogP contribution in [-0.2, 0) is 14.3 Å². The third-order valence-electron chi connectivity index (χ3n) is 4.13. The lowest BCUT2D eigenvalue weighted by Crippen LogP contribution is -2.47. The highest BCUT2D eigenvalue weighted by molar-refractivity contribution is 8.00. The minimum atomic E-state index is -0.930. The van der Waals surface area contributed by atoms with Crippen molar-refractivity contribution in [2.24, 2.45) is 5.41 Å². The Labute approximate surface area is 130 Å². The highest BCUT2D eigenvalue weighted by Gasteiger charge is 2.50. The van der Waals surface area contributed by atoms with Crippen molar-refractivity contribution in [3.05, 3.63) is 30.3 Å². The fourth-order valence-electron chi connectivity index (χ4n) is 2.89. The van der Waals surface area contributed by atoms with Crippen LogP contribution in [0.15, 0.2) is 35.2 Å². The summed E-state index contributed by atoms with van der Waals surface area (Å²) < 4.78 is 5.18. The number of carbonyl (C=O) groups is 2. The predicted molar refractivity (Wildman–Crippen MR) is 84.3 cm³/mol. The van der Waals surface area contributed by atoms with E-state index in [1.54, 1.807) is 18.7 Å². The monoisotopic (exact) mass is 306 g/mol. The first kappa shape index (κ1) is 16.1. The molecular formula is C17H22O3S. The molecule has 1 fully saturated rings. The van der Waals surface area contributed by atoms with Crippen molar-refractivity contribution in [3.63, 3.8) is 0 Å². The van der Waals surface area contributed by atoms with Crippen molar-refractivity contribution in [1.82, 2.24) is 0 Å². The molecule has 0 N–H and O–H groups in total. The van der Waals surface area contributed by atoms with E-state index >= 15 is 0 Å². The molecule has 2 unspecified atom stereocenters. The smallest absolute Gasteiger partial charge is 0.319 e. The van der Waals surface area contributed by atoms with Gasteiger partial charge in [0, 0.05) is 4.90 Å². The second-order valence-corrected chi connectivity index (χ2v) is 6.61. The van der Waals surface area contributed by atoms with Gasteiger partial charge >= 0.3 is 5.97 Å². The molecule has 0 aliphatic heterocycles. The predicted octanol–water partition coefficient (Wildman–Crippen LogP) is 3.86. The van der Waals surface area contributed by atoms with Crippen LogP contribution in [0.3, 0.4) is 0 Å². The molecule has 2 atom stereocenters. The van der Waals surface area contributed by atoms with Crippen LogP contribution in [0.25, 0.3) is 0 Å². The van der Waals surface area contributed by atoms with Crippen LogP contribution >= 0.6 is 11.8 Å². The highest BCUT2D eigenvalue weighted by Crippen LogP contribution is 2.43. The summed E-state index contributed by atoms with van der Waals surface area (Å²) in [7, 11) is 0. The van der Waals surface area contributed by atoms with E-state index < -0.39 is 5.41 Å². The molecule has 0 amide bonds. The number of Topliss-reactive ketones (excluding diaryl/α,β-unsaturated/α-hetero) is 1. The Kier molecular flexibility index (Phi) is 5.45. The van der Waals surface area contributed by atoms with Gasteiger partial charge in [-0.05, 0) is 38.3 Å². The van der Waals surface area contributed by atoms with Gasteiger partial charge in [0.25, 0.3) is 0 Å². The molecule has 1 aliphatic carbocycles. The number of esters is 1. The highest BCUT2D eigenvalue weighted by atomic mass is 32.2. The lowest BCUT2D eigenvalue weighted by molar-refractivity contribution is -0.162.